The van der Waals surface area contributed by atoms with Crippen molar-refractivity contribution in [3.8, 4) is 5.75 Å². The number of ether oxygens (including phenoxy) is 2. The van der Waals surface area contributed by atoms with Crippen LogP contribution in [0.15, 0.2) is 18.2 Å². The quantitative estimate of drug-likeness (QED) is 0.839. The van der Waals surface area contributed by atoms with Crippen LogP contribution in [0.25, 0.3) is 0 Å². The van der Waals surface area contributed by atoms with Crippen LogP contribution in [-0.2, 0) is 9.53 Å². The van der Waals surface area contributed by atoms with Gasteiger partial charge in [-0.2, -0.15) is 0 Å². The van der Waals surface area contributed by atoms with Crippen LogP contribution >= 0.6 is 11.6 Å². The topological polar surface area (TPSA) is 55.8 Å². The summed E-state index contributed by atoms with van der Waals surface area (Å²) in [7, 11) is 1.21. The van der Waals surface area contributed by atoms with Gasteiger partial charge >= 0.3 is 5.97 Å². The molecule has 0 bridgehead atoms. The molecule has 17 heavy (non-hydrogen) atoms. The van der Waals surface area contributed by atoms with E-state index in [4.69, 9.17) is 16.3 Å². The summed E-state index contributed by atoms with van der Waals surface area (Å²) in [6.07, 6.45) is 0. The van der Waals surface area contributed by atoms with Crippen molar-refractivity contribution < 1.29 is 19.4 Å². The number of aliphatic hydroxyl groups is 1. The Morgan fingerprint density at radius 2 is 2.18 bits per heavy atom. The van der Waals surface area contributed by atoms with Gasteiger partial charge in [-0.1, -0.05) is 11.6 Å². The molecule has 1 aromatic carbocycles. The van der Waals surface area contributed by atoms with Crippen molar-refractivity contribution in [1.29, 1.82) is 0 Å². The smallest absolute Gasteiger partial charge is 0.341 e. The van der Waals surface area contributed by atoms with Crippen LogP contribution in [0.5, 0.6) is 5.75 Å². The lowest BCUT2D eigenvalue weighted by Gasteiger charge is -2.20. The molecule has 0 aliphatic carbocycles. The van der Waals surface area contributed by atoms with Crippen LogP contribution in [-0.4, -0.2) is 30.4 Å². The molecule has 0 spiro atoms. The Labute approximate surface area is 105 Å². The van der Waals surface area contributed by atoms with Crippen molar-refractivity contribution in [1.82, 2.24) is 0 Å². The van der Waals surface area contributed by atoms with E-state index in [1.54, 1.807) is 18.2 Å². The molecular formula is C12H15ClO4. The molecule has 0 saturated heterocycles. The highest BCUT2D eigenvalue weighted by Crippen LogP contribution is 2.22. The van der Waals surface area contributed by atoms with E-state index in [1.807, 2.05) is 6.92 Å². The standard InChI is InChI=1S/C12H15ClO4/c1-8-6-9(4-5-10(8)13)17-7-12(2,15)11(14)16-3/h4-6,15H,7H2,1-3H3. The second-order valence-corrected chi connectivity index (χ2v) is 4.37. The maximum Gasteiger partial charge on any atom is 0.341 e. The predicted octanol–water partition coefficient (Wildman–Crippen LogP) is 1.95. The van der Waals surface area contributed by atoms with Crippen LogP contribution < -0.4 is 4.74 Å². The average molecular weight is 259 g/mol. The van der Waals surface area contributed by atoms with E-state index in [0.29, 0.717) is 10.8 Å². The van der Waals surface area contributed by atoms with E-state index in [2.05, 4.69) is 4.74 Å². The molecule has 0 saturated carbocycles. The Hall–Kier alpha value is -1.26. The molecule has 1 N–H and O–H groups in total. The van der Waals surface area contributed by atoms with Gasteiger partial charge in [0.1, 0.15) is 12.4 Å². The van der Waals surface area contributed by atoms with Crippen molar-refractivity contribution >= 4 is 17.6 Å². The number of halogens is 1. The third-order valence-electron chi connectivity index (χ3n) is 2.27. The minimum Gasteiger partial charge on any atom is -0.490 e. The molecule has 0 amide bonds. The lowest BCUT2D eigenvalue weighted by Crippen LogP contribution is -2.42. The SMILES string of the molecule is COC(=O)C(C)(O)COc1ccc(Cl)c(C)c1. The Balaban J connectivity index is 2.67. The largest absolute Gasteiger partial charge is 0.490 e. The van der Waals surface area contributed by atoms with Gasteiger partial charge in [0.2, 0.25) is 0 Å². The molecule has 0 radical (unpaired) electrons. The second kappa shape index (κ2) is 5.38. The van der Waals surface area contributed by atoms with Gasteiger partial charge in [0.05, 0.1) is 7.11 Å². The van der Waals surface area contributed by atoms with Gasteiger partial charge in [-0.3, -0.25) is 0 Å². The second-order valence-electron chi connectivity index (χ2n) is 3.97. The van der Waals surface area contributed by atoms with Gasteiger partial charge in [-0.05, 0) is 37.6 Å². The Morgan fingerprint density at radius 1 is 1.53 bits per heavy atom. The average Bonchev–Trinajstić information content (AvgIpc) is 2.29. The summed E-state index contributed by atoms with van der Waals surface area (Å²) in [6.45, 7) is 3.00. The summed E-state index contributed by atoms with van der Waals surface area (Å²) in [5.74, 6) is -0.195. The first kappa shape index (κ1) is 13.8. The summed E-state index contributed by atoms with van der Waals surface area (Å²) >= 11 is 5.86. The molecule has 0 aliphatic rings. The fourth-order valence-corrected chi connectivity index (χ4v) is 1.33. The molecule has 0 aromatic heterocycles. The molecule has 1 atom stereocenters. The minimum absolute atomic E-state index is 0.180. The summed E-state index contributed by atoms with van der Waals surface area (Å²) in [5, 5.41) is 10.4. The zero-order valence-corrected chi connectivity index (χ0v) is 10.7. The van der Waals surface area contributed by atoms with E-state index >= 15 is 0 Å². The van der Waals surface area contributed by atoms with Crippen LogP contribution in [0.1, 0.15) is 12.5 Å². The fraction of sp³-hybridized carbons (Fsp3) is 0.417. The Kier molecular flexibility index (Phi) is 4.37. The number of benzene rings is 1. The molecule has 1 unspecified atom stereocenters. The van der Waals surface area contributed by atoms with Gasteiger partial charge in [-0.25, -0.2) is 4.79 Å². The first-order valence-corrected chi connectivity index (χ1v) is 5.44. The number of methoxy groups -OCH3 is 1. The predicted molar refractivity (Wildman–Crippen MR) is 64.3 cm³/mol. The van der Waals surface area contributed by atoms with E-state index < -0.39 is 11.6 Å². The van der Waals surface area contributed by atoms with Gasteiger partial charge in [0.25, 0.3) is 0 Å². The van der Waals surface area contributed by atoms with Crippen molar-refractivity contribution in [2.75, 3.05) is 13.7 Å². The Morgan fingerprint density at radius 3 is 2.71 bits per heavy atom. The van der Waals surface area contributed by atoms with Crippen LogP contribution in [0.2, 0.25) is 5.02 Å². The van der Waals surface area contributed by atoms with Crippen molar-refractivity contribution in [2.45, 2.75) is 19.4 Å². The van der Waals surface area contributed by atoms with E-state index in [9.17, 15) is 9.90 Å². The van der Waals surface area contributed by atoms with E-state index in [1.165, 1.54) is 14.0 Å². The third-order valence-corrected chi connectivity index (χ3v) is 2.70. The normalized spacial score (nSPS) is 13.9. The number of carbonyl (C=O) groups is 1. The molecule has 94 valence electrons. The Bertz CT molecular complexity index is 415. The minimum atomic E-state index is -1.66. The summed E-state index contributed by atoms with van der Waals surface area (Å²) in [4.78, 5) is 11.2. The van der Waals surface area contributed by atoms with Crippen LogP contribution in [0.4, 0.5) is 0 Å². The molecular weight excluding hydrogens is 244 g/mol. The first-order valence-electron chi connectivity index (χ1n) is 5.06. The maximum atomic E-state index is 11.2. The molecule has 0 heterocycles. The molecule has 0 fully saturated rings. The lowest BCUT2D eigenvalue weighted by molar-refractivity contribution is -0.163. The monoisotopic (exact) mass is 258 g/mol. The number of hydrogen-bond acceptors (Lipinski definition) is 4. The van der Waals surface area contributed by atoms with Crippen LogP contribution in [0, 0.1) is 6.92 Å². The summed E-state index contributed by atoms with van der Waals surface area (Å²) in [6, 6.07) is 5.09. The van der Waals surface area contributed by atoms with Crippen LogP contribution in [0.3, 0.4) is 0 Å². The van der Waals surface area contributed by atoms with Gasteiger partial charge in [0, 0.05) is 5.02 Å². The fourth-order valence-electron chi connectivity index (χ4n) is 1.21. The zero-order chi connectivity index (χ0) is 13.1. The summed E-state index contributed by atoms with van der Waals surface area (Å²) in [5.41, 5.74) is -0.802. The highest BCUT2D eigenvalue weighted by molar-refractivity contribution is 6.31. The molecule has 0 aliphatic heterocycles. The maximum absolute atomic E-state index is 11.2. The van der Waals surface area contributed by atoms with Crippen molar-refractivity contribution in [3.05, 3.63) is 28.8 Å². The zero-order valence-electron chi connectivity index (χ0n) is 9.99. The molecule has 5 heteroatoms. The number of carbonyl (C=O) groups excluding carboxylic acids is 1. The highest BCUT2D eigenvalue weighted by Gasteiger charge is 2.32. The third kappa shape index (κ3) is 3.61. The summed E-state index contributed by atoms with van der Waals surface area (Å²) < 4.78 is 9.78. The number of rotatable bonds is 4. The van der Waals surface area contributed by atoms with Gasteiger partial charge in [-0.15, -0.1) is 0 Å². The van der Waals surface area contributed by atoms with Gasteiger partial charge < -0.3 is 14.6 Å². The first-order chi connectivity index (χ1) is 7.86. The number of esters is 1. The van der Waals surface area contributed by atoms with Gasteiger partial charge in [0.15, 0.2) is 5.60 Å². The van der Waals surface area contributed by atoms with Crippen molar-refractivity contribution in [2.24, 2.45) is 0 Å². The number of aryl methyl sites for hydroxylation is 1. The van der Waals surface area contributed by atoms with Crippen molar-refractivity contribution in [3.63, 3.8) is 0 Å². The molecule has 1 aromatic rings. The highest BCUT2D eigenvalue weighted by atomic mass is 35.5. The lowest BCUT2D eigenvalue weighted by atomic mass is 10.1. The number of hydrogen-bond donors (Lipinski definition) is 1. The molecule has 1 rings (SSSR count). The van der Waals surface area contributed by atoms with E-state index in [0.717, 1.165) is 5.56 Å². The van der Waals surface area contributed by atoms with E-state index in [-0.39, 0.29) is 6.61 Å². The molecule has 4 nitrogen and oxygen atoms in total.